The quantitative estimate of drug-likeness (QED) is 0.616. The zero-order valence-corrected chi connectivity index (χ0v) is 11.7. The predicted molar refractivity (Wildman–Crippen MR) is 74.9 cm³/mol. The van der Waals surface area contributed by atoms with Crippen LogP contribution in [0.1, 0.15) is 19.5 Å². The van der Waals surface area contributed by atoms with E-state index in [1.54, 1.807) is 38.2 Å². The number of hydrogen-bond acceptors (Lipinski definition) is 5. The summed E-state index contributed by atoms with van der Waals surface area (Å²) in [7, 11) is 0. The Morgan fingerprint density at radius 3 is 2.81 bits per heavy atom. The van der Waals surface area contributed by atoms with Gasteiger partial charge in [-0.05, 0) is 16.9 Å². The number of aliphatic carboxylic acids is 1. The molecule has 0 radical (unpaired) electrons. The van der Waals surface area contributed by atoms with Crippen molar-refractivity contribution in [3.63, 3.8) is 0 Å². The van der Waals surface area contributed by atoms with E-state index in [-0.39, 0.29) is 24.0 Å². The molecule has 2 heterocycles. The van der Waals surface area contributed by atoms with E-state index in [0.29, 0.717) is 5.65 Å². The average Bonchev–Trinajstić information content (AvgIpc) is 2.76. The summed E-state index contributed by atoms with van der Waals surface area (Å²) in [4.78, 5) is 26.0. The Kier molecular flexibility index (Phi) is 4.18. The van der Waals surface area contributed by atoms with Gasteiger partial charge < -0.3 is 15.2 Å². The van der Waals surface area contributed by atoms with E-state index in [4.69, 9.17) is 5.11 Å². The summed E-state index contributed by atoms with van der Waals surface area (Å²) >= 11 is 0. The van der Waals surface area contributed by atoms with E-state index in [0.717, 1.165) is 0 Å². The third kappa shape index (κ3) is 3.00. The molecule has 8 heteroatoms. The van der Waals surface area contributed by atoms with Gasteiger partial charge in [-0.15, -0.1) is 0 Å². The van der Waals surface area contributed by atoms with Crippen LogP contribution < -0.4 is 5.32 Å². The standard InChI is InChI=1S/C13H16N4O4/c1-8(2)11(13(18)19)14-7-9-12(17(20)21)16-6-4-3-5-10(16)15-9/h3-6,8,11,14H,7H2,1-2H3,(H,18,19). The molecule has 2 N–H and O–H groups in total. The summed E-state index contributed by atoms with van der Waals surface area (Å²) in [6.45, 7) is 3.56. The number of imidazole rings is 1. The van der Waals surface area contributed by atoms with Crippen LogP contribution in [0.15, 0.2) is 24.4 Å². The molecule has 8 nitrogen and oxygen atoms in total. The largest absolute Gasteiger partial charge is 0.480 e. The van der Waals surface area contributed by atoms with E-state index >= 15 is 0 Å². The molecular weight excluding hydrogens is 276 g/mol. The lowest BCUT2D eigenvalue weighted by atomic mass is 10.0. The minimum atomic E-state index is -0.989. The zero-order valence-electron chi connectivity index (χ0n) is 11.7. The fraction of sp³-hybridized carbons (Fsp3) is 0.385. The molecule has 21 heavy (non-hydrogen) atoms. The first-order chi connectivity index (χ1) is 9.91. The van der Waals surface area contributed by atoms with Gasteiger partial charge >= 0.3 is 11.8 Å². The maximum absolute atomic E-state index is 11.2. The fourth-order valence-electron chi connectivity index (χ4n) is 2.16. The van der Waals surface area contributed by atoms with E-state index < -0.39 is 16.9 Å². The minimum absolute atomic E-state index is 0.0210. The Bertz CT molecular complexity index is 680. The van der Waals surface area contributed by atoms with Crippen molar-refractivity contribution in [1.29, 1.82) is 0 Å². The summed E-state index contributed by atoms with van der Waals surface area (Å²) in [6.07, 6.45) is 1.56. The molecule has 0 aliphatic heterocycles. The second-order valence-corrected chi connectivity index (χ2v) is 5.01. The van der Waals surface area contributed by atoms with Crippen LogP contribution in [0.2, 0.25) is 0 Å². The minimum Gasteiger partial charge on any atom is -0.480 e. The number of aromatic nitrogens is 2. The first kappa shape index (κ1) is 14.9. The van der Waals surface area contributed by atoms with Gasteiger partial charge in [-0.3, -0.25) is 10.1 Å². The normalized spacial score (nSPS) is 12.7. The van der Waals surface area contributed by atoms with Crippen LogP contribution in [-0.2, 0) is 11.3 Å². The van der Waals surface area contributed by atoms with Gasteiger partial charge in [0.1, 0.15) is 6.04 Å². The van der Waals surface area contributed by atoms with E-state index in [1.807, 2.05) is 0 Å². The SMILES string of the molecule is CC(C)C(NCc1nc2ccccn2c1[N+](=O)[O-])C(=O)O. The van der Waals surface area contributed by atoms with Gasteiger partial charge in [-0.2, -0.15) is 4.40 Å². The van der Waals surface area contributed by atoms with Crippen LogP contribution in [0.4, 0.5) is 5.82 Å². The van der Waals surface area contributed by atoms with Gasteiger partial charge in [-0.25, -0.2) is 4.98 Å². The number of nitrogens with zero attached hydrogens (tertiary/aromatic N) is 3. The van der Waals surface area contributed by atoms with Gasteiger partial charge in [-0.1, -0.05) is 19.9 Å². The number of nitro groups is 1. The third-order valence-corrected chi connectivity index (χ3v) is 3.17. The Labute approximate surface area is 120 Å². The average molecular weight is 292 g/mol. The van der Waals surface area contributed by atoms with Crippen molar-refractivity contribution >= 4 is 17.4 Å². The van der Waals surface area contributed by atoms with Crippen molar-refractivity contribution in [3.05, 3.63) is 40.2 Å². The maximum atomic E-state index is 11.2. The summed E-state index contributed by atoms with van der Waals surface area (Å²) in [6, 6.07) is 4.28. The Hall–Kier alpha value is -2.48. The van der Waals surface area contributed by atoms with Crippen molar-refractivity contribution < 1.29 is 14.8 Å². The molecule has 0 aromatic carbocycles. The molecule has 2 aromatic heterocycles. The lowest BCUT2D eigenvalue weighted by molar-refractivity contribution is -0.391. The highest BCUT2D eigenvalue weighted by Crippen LogP contribution is 2.20. The molecule has 0 saturated carbocycles. The fourth-order valence-corrected chi connectivity index (χ4v) is 2.16. The van der Waals surface area contributed by atoms with Crippen LogP contribution in [0.5, 0.6) is 0 Å². The van der Waals surface area contributed by atoms with Gasteiger partial charge in [0.15, 0.2) is 5.69 Å². The van der Waals surface area contributed by atoms with Gasteiger partial charge in [0.25, 0.3) is 0 Å². The number of carboxylic acids is 1. The van der Waals surface area contributed by atoms with Crippen molar-refractivity contribution in [1.82, 2.24) is 14.7 Å². The topological polar surface area (TPSA) is 110 Å². The summed E-state index contributed by atoms with van der Waals surface area (Å²) in [5.41, 5.74) is 0.676. The van der Waals surface area contributed by atoms with Crippen LogP contribution in [0.25, 0.3) is 5.65 Å². The molecule has 1 atom stereocenters. The maximum Gasteiger partial charge on any atom is 0.352 e. The highest BCUT2D eigenvalue weighted by atomic mass is 16.6. The van der Waals surface area contributed by atoms with E-state index in [9.17, 15) is 14.9 Å². The number of nitrogens with one attached hydrogen (secondary N) is 1. The van der Waals surface area contributed by atoms with E-state index in [2.05, 4.69) is 10.3 Å². The van der Waals surface area contributed by atoms with Crippen molar-refractivity contribution in [3.8, 4) is 0 Å². The smallest absolute Gasteiger partial charge is 0.352 e. The molecule has 2 aromatic rings. The second-order valence-electron chi connectivity index (χ2n) is 5.01. The second kappa shape index (κ2) is 5.88. The van der Waals surface area contributed by atoms with Gasteiger partial charge in [0, 0.05) is 12.6 Å². The van der Waals surface area contributed by atoms with Crippen molar-refractivity contribution in [2.75, 3.05) is 0 Å². The number of carboxylic acid groups (broad SMARTS) is 1. The van der Waals surface area contributed by atoms with Gasteiger partial charge in [0.05, 0.1) is 6.20 Å². The van der Waals surface area contributed by atoms with Gasteiger partial charge in [0.2, 0.25) is 5.65 Å². The first-order valence-corrected chi connectivity index (χ1v) is 6.48. The Morgan fingerprint density at radius 1 is 1.52 bits per heavy atom. The number of pyridine rings is 1. The highest BCUT2D eigenvalue weighted by molar-refractivity contribution is 5.73. The zero-order chi connectivity index (χ0) is 15.6. The Balaban J connectivity index is 2.32. The molecule has 0 aliphatic rings. The molecule has 2 rings (SSSR count). The van der Waals surface area contributed by atoms with Crippen LogP contribution >= 0.6 is 0 Å². The van der Waals surface area contributed by atoms with Crippen LogP contribution in [0.3, 0.4) is 0 Å². The number of carbonyl (C=O) groups is 1. The number of fused-ring (bicyclic) bond motifs is 1. The molecule has 0 saturated heterocycles. The monoisotopic (exact) mass is 292 g/mol. The van der Waals surface area contributed by atoms with Crippen molar-refractivity contribution in [2.24, 2.45) is 5.92 Å². The first-order valence-electron chi connectivity index (χ1n) is 6.48. The van der Waals surface area contributed by atoms with Crippen LogP contribution in [0, 0.1) is 16.0 Å². The number of rotatable bonds is 6. The molecule has 1 unspecified atom stereocenters. The van der Waals surface area contributed by atoms with E-state index in [1.165, 1.54) is 4.40 Å². The molecular formula is C13H16N4O4. The summed E-state index contributed by atoms with van der Waals surface area (Å²) in [5, 5.41) is 23.1. The molecule has 0 aliphatic carbocycles. The summed E-state index contributed by atoms with van der Waals surface area (Å²) < 4.78 is 1.38. The summed E-state index contributed by atoms with van der Waals surface area (Å²) in [5.74, 6) is -1.28. The van der Waals surface area contributed by atoms with Crippen molar-refractivity contribution in [2.45, 2.75) is 26.4 Å². The number of hydrogen-bond donors (Lipinski definition) is 2. The lowest BCUT2D eigenvalue weighted by Crippen LogP contribution is -2.40. The predicted octanol–water partition coefficient (Wildman–Crippen LogP) is 1.44. The molecule has 0 amide bonds. The molecule has 0 bridgehead atoms. The van der Waals surface area contributed by atoms with Crippen LogP contribution in [-0.4, -0.2) is 31.4 Å². The third-order valence-electron chi connectivity index (χ3n) is 3.17. The molecule has 0 fully saturated rings. The molecule has 112 valence electrons. The Morgan fingerprint density at radius 2 is 2.24 bits per heavy atom. The highest BCUT2D eigenvalue weighted by Gasteiger charge is 2.25. The molecule has 0 spiro atoms. The lowest BCUT2D eigenvalue weighted by Gasteiger charge is -2.16.